The van der Waals surface area contributed by atoms with Crippen LogP contribution in [-0.2, 0) is 9.47 Å². The topological polar surface area (TPSA) is 83.6 Å². The summed E-state index contributed by atoms with van der Waals surface area (Å²) in [6, 6.07) is 3.37. The number of methoxy groups -OCH3 is 1. The summed E-state index contributed by atoms with van der Waals surface area (Å²) in [5, 5.41) is 3.61. The third-order valence-corrected chi connectivity index (χ3v) is 3.80. The van der Waals surface area contributed by atoms with Crippen LogP contribution >= 0.6 is 0 Å². The Bertz CT molecular complexity index is 744. The fraction of sp³-hybridized carbons (Fsp3) is 0.471. The van der Waals surface area contributed by atoms with Crippen LogP contribution in [0.4, 0.5) is 0 Å². The highest BCUT2D eigenvalue weighted by molar-refractivity contribution is 6.00. The second-order valence-electron chi connectivity index (χ2n) is 5.79. The summed E-state index contributed by atoms with van der Waals surface area (Å²) < 4.78 is 17.0. The molecule has 0 spiro atoms. The average Bonchev–Trinajstić information content (AvgIpc) is 3.08. The SMILES string of the molecule is COCC(C)n1c(C)cc(C(=O)COC(=O)c2cc(C)no2)c1C. The first-order chi connectivity index (χ1) is 11.3. The number of Topliss-reactive ketones (excluding diaryl/α,β-unsaturated/α-hetero) is 1. The molecule has 0 saturated heterocycles. The summed E-state index contributed by atoms with van der Waals surface area (Å²) in [5.74, 6) is -0.978. The van der Waals surface area contributed by atoms with Gasteiger partial charge in [-0.25, -0.2) is 4.79 Å². The zero-order valence-electron chi connectivity index (χ0n) is 14.6. The quantitative estimate of drug-likeness (QED) is 0.572. The van der Waals surface area contributed by atoms with E-state index in [1.165, 1.54) is 6.07 Å². The van der Waals surface area contributed by atoms with Crippen molar-refractivity contribution in [2.75, 3.05) is 20.3 Å². The summed E-state index contributed by atoms with van der Waals surface area (Å²) in [6.07, 6.45) is 0. The van der Waals surface area contributed by atoms with Crippen molar-refractivity contribution in [2.45, 2.75) is 33.7 Å². The molecule has 0 fully saturated rings. The third-order valence-electron chi connectivity index (χ3n) is 3.80. The van der Waals surface area contributed by atoms with Crippen molar-refractivity contribution in [3.63, 3.8) is 0 Å². The van der Waals surface area contributed by atoms with Gasteiger partial charge < -0.3 is 18.6 Å². The van der Waals surface area contributed by atoms with Crippen LogP contribution in [0.2, 0.25) is 0 Å². The first-order valence-electron chi connectivity index (χ1n) is 7.66. The molecule has 0 N–H and O–H groups in total. The van der Waals surface area contributed by atoms with Gasteiger partial charge >= 0.3 is 5.97 Å². The minimum absolute atomic E-state index is 0.0144. The van der Waals surface area contributed by atoms with Crippen LogP contribution in [0.5, 0.6) is 0 Å². The molecule has 0 aromatic carbocycles. The molecule has 0 aliphatic carbocycles. The molecule has 2 heterocycles. The summed E-state index contributed by atoms with van der Waals surface area (Å²) in [4.78, 5) is 24.2. The highest BCUT2D eigenvalue weighted by atomic mass is 16.6. The lowest BCUT2D eigenvalue weighted by Gasteiger charge is -2.17. The van der Waals surface area contributed by atoms with Gasteiger partial charge in [0.2, 0.25) is 11.5 Å². The maximum absolute atomic E-state index is 12.4. The summed E-state index contributed by atoms with van der Waals surface area (Å²) in [7, 11) is 1.64. The third kappa shape index (κ3) is 3.73. The van der Waals surface area contributed by atoms with Crippen LogP contribution in [-0.4, -0.2) is 41.8 Å². The van der Waals surface area contributed by atoms with E-state index in [9.17, 15) is 9.59 Å². The monoisotopic (exact) mass is 334 g/mol. The van der Waals surface area contributed by atoms with Crippen molar-refractivity contribution in [1.82, 2.24) is 9.72 Å². The van der Waals surface area contributed by atoms with Gasteiger partial charge in [0.25, 0.3) is 0 Å². The average molecular weight is 334 g/mol. The van der Waals surface area contributed by atoms with Gasteiger partial charge in [0.1, 0.15) is 0 Å². The molecule has 7 nitrogen and oxygen atoms in total. The molecule has 0 aliphatic rings. The van der Waals surface area contributed by atoms with Crippen LogP contribution in [0, 0.1) is 20.8 Å². The van der Waals surface area contributed by atoms with Crippen molar-refractivity contribution < 1.29 is 23.6 Å². The molecule has 24 heavy (non-hydrogen) atoms. The Morgan fingerprint density at radius 1 is 1.29 bits per heavy atom. The van der Waals surface area contributed by atoms with Crippen molar-refractivity contribution in [3.05, 3.63) is 40.5 Å². The first kappa shape index (κ1) is 17.9. The largest absolute Gasteiger partial charge is 0.451 e. The lowest BCUT2D eigenvalue weighted by atomic mass is 10.1. The highest BCUT2D eigenvalue weighted by Crippen LogP contribution is 2.21. The van der Waals surface area contributed by atoms with Gasteiger partial charge in [0.05, 0.1) is 18.3 Å². The normalized spacial score (nSPS) is 12.2. The van der Waals surface area contributed by atoms with E-state index < -0.39 is 5.97 Å². The maximum Gasteiger partial charge on any atom is 0.377 e. The van der Waals surface area contributed by atoms with Gasteiger partial charge in [-0.1, -0.05) is 5.16 Å². The van der Waals surface area contributed by atoms with E-state index in [0.29, 0.717) is 17.9 Å². The van der Waals surface area contributed by atoms with Crippen molar-refractivity contribution in [1.29, 1.82) is 0 Å². The number of ether oxygens (including phenoxy) is 2. The van der Waals surface area contributed by atoms with E-state index in [-0.39, 0.29) is 24.2 Å². The number of nitrogens with zero attached hydrogens (tertiary/aromatic N) is 2. The number of ketones is 1. The predicted molar refractivity (Wildman–Crippen MR) is 86.3 cm³/mol. The number of carbonyl (C=O) groups is 2. The second-order valence-corrected chi connectivity index (χ2v) is 5.79. The second kappa shape index (κ2) is 7.44. The van der Waals surface area contributed by atoms with E-state index in [1.807, 2.05) is 25.3 Å². The lowest BCUT2D eigenvalue weighted by Crippen LogP contribution is -2.17. The van der Waals surface area contributed by atoms with Crippen LogP contribution in [0.25, 0.3) is 0 Å². The maximum atomic E-state index is 12.4. The van der Waals surface area contributed by atoms with Crippen molar-refractivity contribution >= 4 is 11.8 Å². The van der Waals surface area contributed by atoms with Crippen LogP contribution in [0.15, 0.2) is 16.7 Å². The van der Waals surface area contributed by atoms with Gasteiger partial charge in [-0.15, -0.1) is 0 Å². The number of carbonyl (C=O) groups excluding carboxylic acids is 2. The standard InChI is InChI=1S/C17H22N2O5/c1-10-6-16(24-18-10)17(21)23-9-15(20)14-7-11(2)19(13(14)4)12(3)8-22-5/h6-7,12H,8-9H2,1-5H3. The smallest absolute Gasteiger partial charge is 0.377 e. The molecule has 2 rings (SSSR count). The molecule has 130 valence electrons. The van der Waals surface area contributed by atoms with Crippen LogP contribution < -0.4 is 0 Å². The molecule has 0 bridgehead atoms. The molecule has 0 amide bonds. The number of hydrogen-bond acceptors (Lipinski definition) is 6. The number of esters is 1. The molecule has 1 unspecified atom stereocenters. The molecule has 2 aromatic heterocycles. The molecule has 0 aliphatic heterocycles. The van der Waals surface area contributed by atoms with E-state index >= 15 is 0 Å². The van der Waals surface area contributed by atoms with Gasteiger partial charge in [0.15, 0.2) is 6.61 Å². The zero-order valence-corrected chi connectivity index (χ0v) is 14.6. The Kier molecular flexibility index (Phi) is 5.56. The minimum atomic E-state index is -0.703. The molecule has 0 radical (unpaired) electrons. The number of aromatic nitrogens is 2. The predicted octanol–water partition coefficient (Wildman–Crippen LogP) is 2.65. The Labute approximate surface area is 140 Å². The van der Waals surface area contributed by atoms with E-state index in [2.05, 4.69) is 5.16 Å². The minimum Gasteiger partial charge on any atom is -0.451 e. The highest BCUT2D eigenvalue weighted by Gasteiger charge is 2.21. The van der Waals surface area contributed by atoms with Crippen molar-refractivity contribution in [2.24, 2.45) is 0 Å². The Balaban J connectivity index is 2.07. The fourth-order valence-electron chi connectivity index (χ4n) is 2.79. The zero-order chi connectivity index (χ0) is 17.9. The van der Waals surface area contributed by atoms with Gasteiger partial charge in [-0.2, -0.15) is 0 Å². The van der Waals surface area contributed by atoms with Crippen molar-refractivity contribution in [3.8, 4) is 0 Å². The van der Waals surface area contributed by atoms with E-state index in [4.69, 9.17) is 14.0 Å². The molecule has 2 aromatic rings. The lowest BCUT2D eigenvalue weighted by molar-refractivity contribution is 0.0435. The molecule has 7 heteroatoms. The first-order valence-corrected chi connectivity index (χ1v) is 7.66. The number of rotatable bonds is 7. The Morgan fingerprint density at radius 2 is 2.00 bits per heavy atom. The Hall–Kier alpha value is -2.41. The molecular formula is C17H22N2O5. The number of aryl methyl sites for hydroxylation is 2. The Morgan fingerprint density at radius 3 is 2.58 bits per heavy atom. The molecule has 0 saturated carbocycles. The van der Waals surface area contributed by atoms with Crippen LogP contribution in [0.1, 0.15) is 51.0 Å². The van der Waals surface area contributed by atoms with Gasteiger partial charge in [-0.3, -0.25) is 4.79 Å². The van der Waals surface area contributed by atoms with Crippen LogP contribution in [0.3, 0.4) is 0 Å². The molecular weight excluding hydrogens is 312 g/mol. The number of hydrogen-bond donors (Lipinski definition) is 0. The summed E-state index contributed by atoms with van der Waals surface area (Å²) in [5.41, 5.74) is 2.90. The fourth-order valence-corrected chi connectivity index (χ4v) is 2.79. The molecule has 1 atom stereocenters. The van der Waals surface area contributed by atoms with E-state index in [1.54, 1.807) is 20.1 Å². The van der Waals surface area contributed by atoms with Gasteiger partial charge in [-0.05, 0) is 33.8 Å². The summed E-state index contributed by atoms with van der Waals surface area (Å²) >= 11 is 0. The van der Waals surface area contributed by atoms with E-state index in [0.717, 1.165) is 11.4 Å². The van der Waals surface area contributed by atoms with Gasteiger partial charge in [0, 0.05) is 30.1 Å². The summed E-state index contributed by atoms with van der Waals surface area (Å²) in [6.45, 7) is 7.71.